The number of benzene rings is 1. The molecule has 1 aliphatic rings. The summed E-state index contributed by atoms with van der Waals surface area (Å²) in [5.41, 5.74) is 2.88. The van der Waals surface area contributed by atoms with Gasteiger partial charge in [-0.25, -0.2) is 4.79 Å². The molecule has 5 nitrogen and oxygen atoms in total. The van der Waals surface area contributed by atoms with E-state index in [0.29, 0.717) is 34.7 Å². The predicted octanol–water partition coefficient (Wildman–Crippen LogP) is 5.26. The largest absolute Gasteiger partial charge is 0.368 e. The number of halogens is 2. The molecule has 144 valence electrons. The van der Waals surface area contributed by atoms with Crippen LogP contribution in [0.5, 0.6) is 0 Å². The normalized spacial score (nSPS) is 15.0. The Bertz CT molecular complexity index is 812. The third-order valence-corrected chi connectivity index (χ3v) is 5.21. The maximum Gasteiger partial charge on any atom is 0.321 e. The standard InChI is InChI=1S/C20H24Cl2N4O/c1-14(2)17-12-23-13-18(22)19(17)25-7-4-8-26(10-9-25)20(27)24-16-6-3-5-15(21)11-16/h3,5-6,11-14H,4,7-10H2,1-2H3,(H,24,27). The molecule has 2 aromatic rings. The van der Waals surface area contributed by atoms with Gasteiger partial charge in [0.25, 0.3) is 0 Å². The van der Waals surface area contributed by atoms with E-state index in [1.165, 1.54) is 0 Å². The van der Waals surface area contributed by atoms with Crippen LogP contribution < -0.4 is 10.2 Å². The first kappa shape index (κ1) is 19.8. The van der Waals surface area contributed by atoms with Crippen LogP contribution in [0.4, 0.5) is 16.2 Å². The van der Waals surface area contributed by atoms with Crippen molar-refractivity contribution in [3.8, 4) is 0 Å². The second-order valence-electron chi connectivity index (χ2n) is 6.98. The molecule has 7 heteroatoms. The number of aromatic nitrogens is 1. The van der Waals surface area contributed by atoms with Crippen LogP contribution >= 0.6 is 23.2 Å². The summed E-state index contributed by atoms with van der Waals surface area (Å²) in [5.74, 6) is 0.330. The number of hydrogen-bond donors (Lipinski definition) is 1. The van der Waals surface area contributed by atoms with Gasteiger partial charge in [-0.15, -0.1) is 0 Å². The fourth-order valence-corrected chi connectivity index (χ4v) is 3.79. The molecule has 2 amide bonds. The van der Waals surface area contributed by atoms with Crippen LogP contribution in [0.1, 0.15) is 31.7 Å². The molecule has 0 atom stereocenters. The van der Waals surface area contributed by atoms with Gasteiger partial charge < -0.3 is 15.1 Å². The Hall–Kier alpha value is -1.98. The molecule has 0 saturated carbocycles. The Labute approximate surface area is 170 Å². The molecule has 0 radical (unpaired) electrons. The first-order valence-corrected chi connectivity index (χ1v) is 9.91. The van der Waals surface area contributed by atoms with Gasteiger partial charge >= 0.3 is 6.03 Å². The third-order valence-electron chi connectivity index (χ3n) is 4.70. The minimum absolute atomic E-state index is 0.107. The van der Waals surface area contributed by atoms with Gasteiger partial charge in [-0.3, -0.25) is 4.98 Å². The van der Waals surface area contributed by atoms with Crippen molar-refractivity contribution in [1.29, 1.82) is 0 Å². The van der Waals surface area contributed by atoms with E-state index in [-0.39, 0.29) is 6.03 Å². The van der Waals surface area contributed by atoms with Gasteiger partial charge in [-0.05, 0) is 36.1 Å². The highest BCUT2D eigenvalue weighted by Gasteiger charge is 2.23. The van der Waals surface area contributed by atoms with Gasteiger partial charge in [0.2, 0.25) is 0 Å². The SMILES string of the molecule is CC(C)c1cncc(Cl)c1N1CCCN(C(=O)Nc2cccc(Cl)c2)CC1. The molecule has 1 aliphatic heterocycles. The molecule has 1 aromatic carbocycles. The number of pyridine rings is 1. The lowest BCUT2D eigenvalue weighted by Gasteiger charge is -2.27. The molecule has 1 saturated heterocycles. The number of hydrogen-bond acceptors (Lipinski definition) is 3. The monoisotopic (exact) mass is 406 g/mol. The van der Waals surface area contributed by atoms with Crippen LogP contribution in [0, 0.1) is 0 Å². The van der Waals surface area contributed by atoms with Crippen molar-refractivity contribution in [2.75, 3.05) is 36.4 Å². The smallest absolute Gasteiger partial charge is 0.321 e. The Morgan fingerprint density at radius 3 is 2.70 bits per heavy atom. The van der Waals surface area contributed by atoms with E-state index in [9.17, 15) is 4.79 Å². The Kier molecular flexibility index (Phi) is 6.45. The molecule has 0 unspecified atom stereocenters. The van der Waals surface area contributed by atoms with Crippen molar-refractivity contribution in [2.45, 2.75) is 26.2 Å². The lowest BCUT2D eigenvalue weighted by Crippen LogP contribution is -2.38. The number of anilines is 2. The van der Waals surface area contributed by atoms with Crippen molar-refractivity contribution in [3.63, 3.8) is 0 Å². The molecular weight excluding hydrogens is 383 g/mol. The van der Waals surface area contributed by atoms with Crippen LogP contribution in [-0.4, -0.2) is 42.1 Å². The molecule has 27 heavy (non-hydrogen) atoms. The van der Waals surface area contributed by atoms with Crippen molar-refractivity contribution in [1.82, 2.24) is 9.88 Å². The summed E-state index contributed by atoms with van der Waals surface area (Å²) in [6.45, 7) is 7.18. The topological polar surface area (TPSA) is 48.5 Å². The van der Waals surface area contributed by atoms with Crippen molar-refractivity contribution < 1.29 is 4.79 Å². The Balaban J connectivity index is 1.70. The Morgan fingerprint density at radius 2 is 1.96 bits per heavy atom. The van der Waals surface area contributed by atoms with E-state index in [4.69, 9.17) is 23.2 Å². The van der Waals surface area contributed by atoms with E-state index < -0.39 is 0 Å². The van der Waals surface area contributed by atoms with Crippen molar-refractivity contribution >= 4 is 40.6 Å². The number of rotatable bonds is 3. The molecule has 1 fully saturated rings. The van der Waals surface area contributed by atoms with Gasteiger partial charge in [0.15, 0.2) is 0 Å². The van der Waals surface area contributed by atoms with E-state index in [0.717, 1.165) is 30.8 Å². The summed E-state index contributed by atoms with van der Waals surface area (Å²) in [6.07, 6.45) is 4.46. The van der Waals surface area contributed by atoms with Crippen LogP contribution in [-0.2, 0) is 0 Å². The average Bonchev–Trinajstić information content (AvgIpc) is 2.87. The van der Waals surface area contributed by atoms with Gasteiger partial charge in [0.1, 0.15) is 0 Å². The number of nitrogens with one attached hydrogen (secondary N) is 1. The zero-order valence-electron chi connectivity index (χ0n) is 15.6. The zero-order chi connectivity index (χ0) is 19.4. The van der Waals surface area contributed by atoms with E-state index in [1.807, 2.05) is 23.2 Å². The first-order chi connectivity index (χ1) is 13.0. The molecule has 1 aromatic heterocycles. The van der Waals surface area contributed by atoms with Gasteiger partial charge in [0.05, 0.1) is 10.7 Å². The minimum Gasteiger partial charge on any atom is -0.368 e. The number of carbonyl (C=O) groups is 1. The molecule has 2 heterocycles. The lowest BCUT2D eigenvalue weighted by molar-refractivity contribution is 0.215. The number of amides is 2. The molecule has 0 bridgehead atoms. The highest BCUT2D eigenvalue weighted by molar-refractivity contribution is 6.33. The molecule has 1 N–H and O–H groups in total. The summed E-state index contributed by atoms with van der Waals surface area (Å²) < 4.78 is 0. The van der Waals surface area contributed by atoms with E-state index in [2.05, 4.69) is 29.0 Å². The van der Waals surface area contributed by atoms with Crippen molar-refractivity contribution in [3.05, 3.63) is 52.3 Å². The van der Waals surface area contributed by atoms with Crippen molar-refractivity contribution in [2.24, 2.45) is 0 Å². The van der Waals surface area contributed by atoms with Crippen LogP contribution in [0.3, 0.4) is 0 Å². The Morgan fingerprint density at radius 1 is 1.15 bits per heavy atom. The van der Waals surface area contributed by atoms with E-state index >= 15 is 0 Å². The maximum atomic E-state index is 12.6. The van der Waals surface area contributed by atoms with Crippen LogP contribution in [0.15, 0.2) is 36.7 Å². The van der Waals surface area contributed by atoms with E-state index in [1.54, 1.807) is 18.3 Å². The molecule has 0 aliphatic carbocycles. The fraction of sp³-hybridized carbons (Fsp3) is 0.400. The summed E-state index contributed by atoms with van der Waals surface area (Å²) in [6, 6.07) is 7.07. The average molecular weight is 407 g/mol. The molecule has 3 rings (SSSR count). The summed E-state index contributed by atoms with van der Waals surface area (Å²) in [5, 5.41) is 4.19. The number of nitrogens with zero attached hydrogens (tertiary/aromatic N) is 3. The number of urea groups is 1. The van der Waals surface area contributed by atoms with Gasteiger partial charge in [-0.1, -0.05) is 43.1 Å². The van der Waals surface area contributed by atoms with Gasteiger partial charge in [-0.2, -0.15) is 0 Å². The summed E-state index contributed by atoms with van der Waals surface area (Å²) in [7, 11) is 0. The highest BCUT2D eigenvalue weighted by atomic mass is 35.5. The van der Waals surface area contributed by atoms with Crippen LogP contribution in [0.25, 0.3) is 0 Å². The summed E-state index contributed by atoms with van der Waals surface area (Å²) >= 11 is 12.5. The third kappa shape index (κ3) is 4.85. The second-order valence-corrected chi connectivity index (χ2v) is 7.83. The molecular formula is C20H24Cl2N4O. The molecule has 0 spiro atoms. The first-order valence-electron chi connectivity index (χ1n) is 9.15. The zero-order valence-corrected chi connectivity index (χ0v) is 17.1. The lowest BCUT2D eigenvalue weighted by atomic mass is 10.0. The number of carbonyl (C=O) groups excluding carboxylic acids is 1. The quantitative estimate of drug-likeness (QED) is 0.756. The maximum absolute atomic E-state index is 12.6. The summed E-state index contributed by atoms with van der Waals surface area (Å²) in [4.78, 5) is 21.0. The second kappa shape index (κ2) is 8.81. The van der Waals surface area contributed by atoms with Crippen LogP contribution in [0.2, 0.25) is 10.0 Å². The fourth-order valence-electron chi connectivity index (χ4n) is 3.31. The predicted molar refractivity (Wildman–Crippen MR) is 112 cm³/mol. The highest BCUT2D eigenvalue weighted by Crippen LogP contribution is 2.34. The minimum atomic E-state index is -0.107. The van der Waals surface area contributed by atoms with Gasteiger partial charge in [0, 0.05) is 49.3 Å².